The van der Waals surface area contributed by atoms with Crippen molar-refractivity contribution in [1.29, 1.82) is 0 Å². The summed E-state index contributed by atoms with van der Waals surface area (Å²) in [6, 6.07) is 3.73. The molecular formula is C23H28N2O5. The standard InChI is InChI=1S/C23H28N2O5/c1-14-12-18(21-16-6-3-7-17(16)23(28)30-19(21)13-14)29-15(2)22(27)24-9-5-11-25-10-4-8-20(25)26/h12-13,15H,3-11H2,1-2H3,(H,24,27). The molecular weight excluding hydrogens is 384 g/mol. The number of hydrogen-bond donors (Lipinski definition) is 1. The van der Waals surface area contributed by atoms with Gasteiger partial charge in [0.05, 0.1) is 5.39 Å². The molecule has 1 aliphatic carbocycles. The van der Waals surface area contributed by atoms with E-state index in [9.17, 15) is 14.4 Å². The minimum absolute atomic E-state index is 0.198. The summed E-state index contributed by atoms with van der Waals surface area (Å²) in [5.41, 5.74) is 2.86. The van der Waals surface area contributed by atoms with E-state index < -0.39 is 6.10 Å². The van der Waals surface area contributed by atoms with E-state index in [1.807, 2.05) is 24.0 Å². The predicted octanol–water partition coefficient (Wildman–Crippen LogP) is 2.49. The van der Waals surface area contributed by atoms with E-state index in [2.05, 4.69) is 5.32 Å². The molecule has 2 amide bonds. The topological polar surface area (TPSA) is 88.9 Å². The number of carbonyl (C=O) groups is 2. The van der Waals surface area contributed by atoms with Crippen LogP contribution in [0.25, 0.3) is 11.0 Å². The van der Waals surface area contributed by atoms with Crippen LogP contribution in [0.1, 0.15) is 49.3 Å². The number of hydrogen-bond acceptors (Lipinski definition) is 5. The van der Waals surface area contributed by atoms with Crippen LogP contribution in [0.4, 0.5) is 0 Å². The fourth-order valence-electron chi connectivity index (χ4n) is 4.41. The highest BCUT2D eigenvalue weighted by molar-refractivity contribution is 5.89. The summed E-state index contributed by atoms with van der Waals surface area (Å²) in [6.45, 7) is 5.60. The van der Waals surface area contributed by atoms with Crippen LogP contribution < -0.4 is 15.7 Å². The molecule has 1 aromatic heterocycles. The Balaban J connectivity index is 1.43. The lowest BCUT2D eigenvalue weighted by atomic mass is 10.0. The molecule has 30 heavy (non-hydrogen) atoms. The van der Waals surface area contributed by atoms with Crippen LogP contribution in [-0.4, -0.2) is 42.5 Å². The third kappa shape index (κ3) is 4.06. The third-order valence-electron chi connectivity index (χ3n) is 5.93. The first-order valence-corrected chi connectivity index (χ1v) is 10.8. The zero-order chi connectivity index (χ0) is 21.3. The number of ether oxygens (including phenoxy) is 1. The van der Waals surface area contributed by atoms with Gasteiger partial charge in [0.2, 0.25) is 5.91 Å². The smallest absolute Gasteiger partial charge is 0.339 e. The van der Waals surface area contributed by atoms with Crippen molar-refractivity contribution >= 4 is 22.8 Å². The van der Waals surface area contributed by atoms with Crippen LogP contribution in [-0.2, 0) is 22.4 Å². The van der Waals surface area contributed by atoms with Gasteiger partial charge < -0.3 is 19.4 Å². The highest BCUT2D eigenvalue weighted by Gasteiger charge is 2.24. The van der Waals surface area contributed by atoms with Crippen molar-refractivity contribution in [2.75, 3.05) is 19.6 Å². The van der Waals surface area contributed by atoms with Gasteiger partial charge in [-0.1, -0.05) is 0 Å². The van der Waals surface area contributed by atoms with Gasteiger partial charge in [-0.25, -0.2) is 4.79 Å². The van der Waals surface area contributed by atoms with E-state index >= 15 is 0 Å². The van der Waals surface area contributed by atoms with Crippen LogP contribution >= 0.6 is 0 Å². The van der Waals surface area contributed by atoms with Gasteiger partial charge in [-0.3, -0.25) is 9.59 Å². The van der Waals surface area contributed by atoms with E-state index in [0.29, 0.717) is 30.8 Å². The fourth-order valence-corrected chi connectivity index (χ4v) is 4.41. The van der Waals surface area contributed by atoms with Crippen LogP contribution in [0.15, 0.2) is 21.3 Å². The number of benzene rings is 1. The molecule has 2 heterocycles. The SMILES string of the molecule is Cc1cc(OC(C)C(=O)NCCCN2CCCC2=O)c2c3c(c(=O)oc2c1)CCC3. The predicted molar refractivity (Wildman–Crippen MR) is 113 cm³/mol. The number of likely N-dealkylation sites (tertiary alicyclic amines) is 1. The summed E-state index contributed by atoms with van der Waals surface area (Å²) in [5.74, 6) is 0.576. The molecule has 1 aliphatic heterocycles. The van der Waals surface area contributed by atoms with Crippen molar-refractivity contribution in [3.8, 4) is 5.75 Å². The molecule has 160 valence electrons. The first-order chi connectivity index (χ1) is 14.4. The van der Waals surface area contributed by atoms with Crippen LogP contribution in [0, 0.1) is 6.92 Å². The Morgan fingerprint density at radius 3 is 2.77 bits per heavy atom. The largest absolute Gasteiger partial charge is 0.480 e. The number of nitrogens with one attached hydrogen (secondary N) is 1. The van der Waals surface area contributed by atoms with Crippen LogP contribution in [0.5, 0.6) is 5.75 Å². The zero-order valence-corrected chi connectivity index (χ0v) is 17.6. The zero-order valence-electron chi connectivity index (χ0n) is 17.6. The van der Waals surface area contributed by atoms with Gasteiger partial charge in [-0.2, -0.15) is 0 Å². The number of aryl methyl sites for hydroxylation is 2. The summed E-state index contributed by atoms with van der Waals surface area (Å²) >= 11 is 0. The van der Waals surface area contributed by atoms with Crippen LogP contribution in [0.2, 0.25) is 0 Å². The first-order valence-electron chi connectivity index (χ1n) is 10.8. The summed E-state index contributed by atoms with van der Waals surface area (Å²) in [7, 11) is 0. The molecule has 7 nitrogen and oxygen atoms in total. The Morgan fingerprint density at radius 1 is 1.20 bits per heavy atom. The van der Waals surface area contributed by atoms with Gasteiger partial charge in [0.1, 0.15) is 11.3 Å². The maximum absolute atomic E-state index is 12.5. The minimum atomic E-state index is -0.688. The van der Waals surface area contributed by atoms with Crippen molar-refractivity contribution in [3.05, 3.63) is 39.2 Å². The van der Waals surface area contributed by atoms with Gasteiger partial charge in [0.15, 0.2) is 6.10 Å². The van der Waals surface area contributed by atoms with Crippen molar-refractivity contribution in [1.82, 2.24) is 10.2 Å². The molecule has 2 aromatic rings. The number of amides is 2. The lowest BCUT2D eigenvalue weighted by Crippen LogP contribution is -2.38. The molecule has 0 spiro atoms. The highest BCUT2D eigenvalue weighted by atomic mass is 16.5. The van der Waals surface area contributed by atoms with E-state index in [-0.39, 0.29) is 17.4 Å². The Kier molecular flexibility index (Phi) is 5.79. The van der Waals surface area contributed by atoms with Crippen molar-refractivity contribution < 1.29 is 18.7 Å². The van der Waals surface area contributed by atoms with Crippen molar-refractivity contribution in [2.24, 2.45) is 0 Å². The van der Waals surface area contributed by atoms with Gasteiger partial charge in [0, 0.05) is 31.6 Å². The van der Waals surface area contributed by atoms with Gasteiger partial charge in [0.25, 0.3) is 5.91 Å². The normalized spacial score (nSPS) is 16.7. The van der Waals surface area contributed by atoms with Crippen LogP contribution in [0.3, 0.4) is 0 Å². The second-order valence-electron chi connectivity index (χ2n) is 8.23. The molecule has 1 N–H and O–H groups in total. The average Bonchev–Trinajstić information content (AvgIpc) is 3.34. The molecule has 4 rings (SSSR count). The number of fused-ring (bicyclic) bond motifs is 3. The third-order valence-corrected chi connectivity index (χ3v) is 5.93. The quantitative estimate of drug-likeness (QED) is 0.558. The molecule has 7 heteroatoms. The Labute approximate surface area is 175 Å². The van der Waals surface area contributed by atoms with E-state index in [4.69, 9.17) is 9.15 Å². The van der Waals surface area contributed by atoms with E-state index in [1.54, 1.807) is 6.92 Å². The lowest BCUT2D eigenvalue weighted by molar-refractivity contribution is -0.127. The second-order valence-corrected chi connectivity index (χ2v) is 8.23. The second kappa shape index (κ2) is 8.50. The fraction of sp³-hybridized carbons (Fsp3) is 0.522. The molecule has 0 bridgehead atoms. The highest BCUT2D eigenvalue weighted by Crippen LogP contribution is 2.35. The van der Waals surface area contributed by atoms with E-state index in [0.717, 1.165) is 60.7 Å². The molecule has 1 saturated heterocycles. The minimum Gasteiger partial charge on any atom is -0.480 e. The summed E-state index contributed by atoms with van der Waals surface area (Å²) in [5, 5.41) is 3.70. The molecule has 1 aromatic carbocycles. The number of rotatable bonds is 7. The summed E-state index contributed by atoms with van der Waals surface area (Å²) in [6.07, 6.45) is 4.03. The van der Waals surface area contributed by atoms with Crippen molar-refractivity contribution in [3.63, 3.8) is 0 Å². The van der Waals surface area contributed by atoms with E-state index in [1.165, 1.54) is 0 Å². The maximum atomic E-state index is 12.5. The lowest BCUT2D eigenvalue weighted by Gasteiger charge is -2.19. The molecule has 2 aliphatic rings. The van der Waals surface area contributed by atoms with Crippen molar-refractivity contribution in [2.45, 2.75) is 58.5 Å². The van der Waals surface area contributed by atoms with Gasteiger partial charge >= 0.3 is 5.63 Å². The average molecular weight is 412 g/mol. The molecule has 1 atom stereocenters. The Morgan fingerprint density at radius 2 is 2.00 bits per heavy atom. The monoisotopic (exact) mass is 412 g/mol. The van der Waals surface area contributed by atoms with Gasteiger partial charge in [-0.15, -0.1) is 0 Å². The summed E-state index contributed by atoms with van der Waals surface area (Å²) < 4.78 is 11.6. The maximum Gasteiger partial charge on any atom is 0.339 e. The first kappa shape index (κ1) is 20.4. The molecule has 0 radical (unpaired) electrons. The molecule has 1 fully saturated rings. The Hall–Kier alpha value is -2.83. The van der Waals surface area contributed by atoms with Gasteiger partial charge in [-0.05, 0) is 69.2 Å². The number of carbonyl (C=O) groups excluding carboxylic acids is 2. The molecule has 1 unspecified atom stereocenters. The Bertz CT molecular complexity index is 1040. The summed E-state index contributed by atoms with van der Waals surface area (Å²) in [4.78, 5) is 38.3. The number of nitrogens with zero attached hydrogens (tertiary/aromatic N) is 1. The molecule has 0 saturated carbocycles.